The highest BCUT2D eigenvalue weighted by Gasteiger charge is 2.22. The molecule has 0 spiro atoms. The molecule has 0 saturated carbocycles. The lowest BCUT2D eigenvalue weighted by molar-refractivity contribution is 0.0684. The minimum absolute atomic E-state index is 0.0625. The average molecular weight is 206 g/mol. The van der Waals surface area contributed by atoms with Crippen LogP contribution in [0.5, 0.6) is 0 Å². The number of halogens is 2. The first-order chi connectivity index (χ1) is 6.56. The summed E-state index contributed by atoms with van der Waals surface area (Å²) in [7, 11) is 1.35. The van der Waals surface area contributed by atoms with E-state index in [4.69, 9.17) is 5.11 Å². The number of carboxylic acids is 1. The van der Waals surface area contributed by atoms with Crippen molar-refractivity contribution in [2.24, 2.45) is 0 Å². The number of carboxylic acid groups (broad SMARTS) is 1. The van der Waals surface area contributed by atoms with Crippen LogP contribution in [0.25, 0.3) is 0 Å². The van der Waals surface area contributed by atoms with Gasteiger partial charge in [-0.25, -0.2) is 18.3 Å². The molecule has 0 aromatic carbocycles. The third kappa shape index (κ3) is 2.05. The summed E-state index contributed by atoms with van der Waals surface area (Å²) in [5.41, 5.74) is -1.24. The van der Waals surface area contributed by atoms with E-state index in [0.29, 0.717) is 0 Å². The molecule has 1 heterocycles. The molecule has 7 heteroatoms. The Labute approximate surface area is 77.9 Å². The summed E-state index contributed by atoms with van der Waals surface area (Å²) >= 11 is 0. The molecule has 1 N–H and O–H groups in total. The molecule has 0 bridgehead atoms. The highest BCUT2D eigenvalue weighted by atomic mass is 19.3. The molecule has 1 rings (SSSR count). The van der Waals surface area contributed by atoms with Gasteiger partial charge in [0, 0.05) is 13.3 Å². The van der Waals surface area contributed by atoms with E-state index < -0.39 is 23.7 Å². The van der Waals surface area contributed by atoms with Crippen LogP contribution in [0.3, 0.4) is 0 Å². The number of ether oxygens (including phenoxy) is 1. The Morgan fingerprint density at radius 3 is 2.79 bits per heavy atom. The predicted molar refractivity (Wildman–Crippen MR) is 41.2 cm³/mol. The zero-order valence-electron chi connectivity index (χ0n) is 7.28. The predicted octanol–water partition coefficient (Wildman–Crippen LogP) is 1.12. The Bertz CT molecular complexity index is 338. The highest BCUT2D eigenvalue weighted by molar-refractivity contribution is 5.88. The molecular formula is C7H8F2N2O3. The van der Waals surface area contributed by atoms with Gasteiger partial charge in [-0.1, -0.05) is 0 Å². The van der Waals surface area contributed by atoms with E-state index in [1.807, 2.05) is 0 Å². The maximum absolute atomic E-state index is 12.3. The SMILES string of the molecule is COCn1cc(C(=O)O)c(C(F)F)n1. The van der Waals surface area contributed by atoms with E-state index in [1.54, 1.807) is 0 Å². The molecule has 0 aliphatic carbocycles. The summed E-state index contributed by atoms with van der Waals surface area (Å²) in [6.07, 6.45) is -1.90. The molecule has 5 nitrogen and oxygen atoms in total. The van der Waals surface area contributed by atoms with Crippen LogP contribution in [-0.2, 0) is 11.5 Å². The van der Waals surface area contributed by atoms with Gasteiger partial charge in [-0.3, -0.25) is 0 Å². The second-order valence-corrected chi connectivity index (χ2v) is 2.49. The van der Waals surface area contributed by atoms with Crippen LogP contribution in [0.2, 0.25) is 0 Å². The maximum atomic E-state index is 12.3. The molecule has 0 fully saturated rings. The fraction of sp³-hybridized carbons (Fsp3) is 0.429. The number of nitrogens with zero attached hydrogens (tertiary/aromatic N) is 2. The minimum atomic E-state index is -2.90. The third-order valence-corrected chi connectivity index (χ3v) is 1.49. The number of aromatic carboxylic acids is 1. The second kappa shape index (κ2) is 4.14. The number of methoxy groups -OCH3 is 1. The summed E-state index contributed by atoms with van der Waals surface area (Å²) < 4.78 is 30.1. The molecule has 14 heavy (non-hydrogen) atoms. The molecule has 0 aliphatic heterocycles. The molecule has 78 valence electrons. The van der Waals surface area contributed by atoms with Gasteiger partial charge in [0.1, 0.15) is 18.0 Å². The maximum Gasteiger partial charge on any atom is 0.339 e. The Morgan fingerprint density at radius 1 is 1.79 bits per heavy atom. The van der Waals surface area contributed by atoms with Gasteiger partial charge in [0.2, 0.25) is 0 Å². The normalized spacial score (nSPS) is 10.9. The van der Waals surface area contributed by atoms with Gasteiger partial charge in [-0.2, -0.15) is 5.10 Å². The Kier molecular flexibility index (Phi) is 3.13. The zero-order valence-corrected chi connectivity index (χ0v) is 7.28. The van der Waals surface area contributed by atoms with Crippen molar-refractivity contribution < 1.29 is 23.4 Å². The van der Waals surface area contributed by atoms with Gasteiger partial charge in [-0.15, -0.1) is 0 Å². The van der Waals surface area contributed by atoms with Gasteiger partial charge in [-0.05, 0) is 0 Å². The summed E-state index contributed by atoms with van der Waals surface area (Å²) in [5, 5.41) is 12.0. The Balaban J connectivity index is 3.06. The number of carbonyl (C=O) groups is 1. The summed E-state index contributed by atoms with van der Waals surface area (Å²) in [6, 6.07) is 0. The molecule has 1 aromatic heterocycles. The summed E-state index contributed by atoms with van der Waals surface area (Å²) in [4.78, 5) is 10.5. The number of rotatable bonds is 4. The lowest BCUT2D eigenvalue weighted by Crippen LogP contribution is -2.01. The quantitative estimate of drug-likeness (QED) is 0.801. The molecule has 0 atom stereocenters. The zero-order chi connectivity index (χ0) is 10.7. The smallest absolute Gasteiger partial charge is 0.339 e. The lowest BCUT2D eigenvalue weighted by atomic mass is 10.2. The van der Waals surface area contributed by atoms with Crippen LogP contribution in [0, 0.1) is 0 Å². The van der Waals surface area contributed by atoms with Crippen molar-refractivity contribution in [3.63, 3.8) is 0 Å². The van der Waals surface area contributed by atoms with Crippen LogP contribution >= 0.6 is 0 Å². The van der Waals surface area contributed by atoms with Crippen molar-refractivity contribution in [3.05, 3.63) is 17.5 Å². The molecule has 0 unspecified atom stereocenters. The molecule has 0 aliphatic rings. The average Bonchev–Trinajstić information content (AvgIpc) is 2.49. The molecule has 0 radical (unpaired) electrons. The van der Waals surface area contributed by atoms with E-state index in [-0.39, 0.29) is 6.73 Å². The third-order valence-electron chi connectivity index (χ3n) is 1.49. The first kappa shape index (κ1) is 10.6. The van der Waals surface area contributed by atoms with Gasteiger partial charge in [0.25, 0.3) is 6.43 Å². The lowest BCUT2D eigenvalue weighted by Gasteiger charge is -1.96. The topological polar surface area (TPSA) is 64.3 Å². The molecule has 0 saturated heterocycles. The van der Waals surface area contributed by atoms with Gasteiger partial charge >= 0.3 is 5.97 Å². The Morgan fingerprint density at radius 2 is 2.43 bits per heavy atom. The highest BCUT2D eigenvalue weighted by Crippen LogP contribution is 2.20. The first-order valence-electron chi connectivity index (χ1n) is 3.64. The number of alkyl halides is 2. The monoisotopic (exact) mass is 206 g/mol. The number of hydrogen-bond donors (Lipinski definition) is 1. The fourth-order valence-electron chi connectivity index (χ4n) is 0.961. The van der Waals surface area contributed by atoms with Crippen LogP contribution in [0.4, 0.5) is 8.78 Å². The van der Waals surface area contributed by atoms with Crippen LogP contribution in [0.15, 0.2) is 6.20 Å². The van der Waals surface area contributed by atoms with Crippen LogP contribution < -0.4 is 0 Å². The van der Waals surface area contributed by atoms with Gasteiger partial charge < -0.3 is 9.84 Å². The summed E-state index contributed by atoms with van der Waals surface area (Å²) in [5.74, 6) is -1.43. The van der Waals surface area contributed by atoms with E-state index in [1.165, 1.54) is 7.11 Å². The van der Waals surface area contributed by atoms with E-state index in [2.05, 4.69) is 9.84 Å². The van der Waals surface area contributed by atoms with Gasteiger partial charge in [0.15, 0.2) is 0 Å². The Hall–Kier alpha value is -1.50. The number of aromatic nitrogens is 2. The summed E-state index contributed by atoms with van der Waals surface area (Å²) in [6.45, 7) is -0.0625. The van der Waals surface area contributed by atoms with Crippen LogP contribution in [-0.4, -0.2) is 28.0 Å². The largest absolute Gasteiger partial charge is 0.478 e. The van der Waals surface area contributed by atoms with Crippen molar-refractivity contribution in [2.45, 2.75) is 13.2 Å². The van der Waals surface area contributed by atoms with Crippen molar-refractivity contribution in [1.29, 1.82) is 0 Å². The minimum Gasteiger partial charge on any atom is -0.478 e. The van der Waals surface area contributed by atoms with E-state index >= 15 is 0 Å². The van der Waals surface area contributed by atoms with Crippen molar-refractivity contribution in [2.75, 3.05) is 7.11 Å². The van der Waals surface area contributed by atoms with Gasteiger partial charge in [0.05, 0.1) is 0 Å². The number of hydrogen-bond acceptors (Lipinski definition) is 3. The van der Waals surface area contributed by atoms with Crippen molar-refractivity contribution in [1.82, 2.24) is 9.78 Å². The standard InChI is InChI=1S/C7H8F2N2O3/c1-14-3-11-2-4(7(12)13)5(10-11)6(8)9/h2,6H,3H2,1H3,(H,12,13). The molecule has 0 amide bonds. The van der Waals surface area contributed by atoms with Crippen LogP contribution in [0.1, 0.15) is 22.5 Å². The van der Waals surface area contributed by atoms with E-state index in [9.17, 15) is 13.6 Å². The van der Waals surface area contributed by atoms with E-state index in [0.717, 1.165) is 10.9 Å². The van der Waals surface area contributed by atoms with Crippen molar-refractivity contribution >= 4 is 5.97 Å². The molecular weight excluding hydrogens is 198 g/mol. The second-order valence-electron chi connectivity index (χ2n) is 2.49. The first-order valence-corrected chi connectivity index (χ1v) is 3.64. The molecule has 1 aromatic rings. The van der Waals surface area contributed by atoms with Crippen molar-refractivity contribution in [3.8, 4) is 0 Å². The fourth-order valence-corrected chi connectivity index (χ4v) is 0.961.